The number of halogens is 2. The lowest BCUT2D eigenvalue weighted by Gasteiger charge is -2.44. The number of aromatic nitrogens is 4. The number of amides is 1. The molecule has 5 rings (SSSR count). The van der Waals surface area contributed by atoms with Gasteiger partial charge in [-0.15, -0.1) is 0 Å². The zero-order valence-electron chi connectivity index (χ0n) is 23.7. The minimum Gasteiger partial charge on any atom is -0.507 e. The average Bonchev–Trinajstić information content (AvgIpc) is 2.93. The highest BCUT2D eigenvalue weighted by atomic mass is 32.2. The molecule has 0 radical (unpaired) electrons. The molecule has 1 amide bonds. The van der Waals surface area contributed by atoms with Crippen LogP contribution in [0, 0.1) is 18.6 Å². The molecule has 0 spiro atoms. The van der Waals surface area contributed by atoms with E-state index in [1.54, 1.807) is 30.6 Å². The van der Waals surface area contributed by atoms with Crippen molar-refractivity contribution in [2.45, 2.75) is 37.9 Å². The van der Waals surface area contributed by atoms with Gasteiger partial charge in [-0.3, -0.25) is 4.79 Å². The van der Waals surface area contributed by atoms with Gasteiger partial charge in [0.15, 0.2) is 26.3 Å². The molecule has 3 aromatic heterocycles. The number of anilines is 1. The molecule has 2 atom stereocenters. The van der Waals surface area contributed by atoms with Gasteiger partial charge in [-0.2, -0.15) is 4.98 Å². The van der Waals surface area contributed by atoms with Crippen molar-refractivity contribution in [3.05, 3.63) is 76.9 Å². The van der Waals surface area contributed by atoms with Gasteiger partial charge in [0.25, 0.3) is 0 Å². The van der Waals surface area contributed by atoms with E-state index in [0.29, 0.717) is 5.56 Å². The van der Waals surface area contributed by atoms with Gasteiger partial charge in [0.2, 0.25) is 5.91 Å². The highest BCUT2D eigenvalue weighted by Crippen LogP contribution is 2.37. The number of fused-ring (bicyclic) bond motifs is 1. The first-order chi connectivity index (χ1) is 20.2. The molecule has 0 unspecified atom stereocenters. The first-order valence-electron chi connectivity index (χ1n) is 13.2. The third-order valence-corrected chi connectivity index (χ3v) is 8.41. The molecule has 43 heavy (non-hydrogen) atoms. The van der Waals surface area contributed by atoms with Crippen molar-refractivity contribution in [2.75, 3.05) is 24.2 Å². The Morgan fingerprint density at radius 1 is 1.12 bits per heavy atom. The minimum atomic E-state index is -3.99. The summed E-state index contributed by atoms with van der Waals surface area (Å²) in [5.74, 6) is -2.80. The van der Waals surface area contributed by atoms with Crippen LogP contribution in [-0.2, 0) is 14.6 Å². The molecular weight excluding hydrogens is 582 g/mol. The smallest absolute Gasteiger partial charge is 0.355 e. The summed E-state index contributed by atoms with van der Waals surface area (Å²) in [5, 5.41) is 10.0. The number of sulfone groups is 1. The Balaban J connectivity index is 1.87. The van der Waals surface area contributed by atoms with Gasteiger partial charge < -0.3 is 14.9 Å². The van der Waals surface area contributed by atoms with Gasteiger partial charge in [0.1, 0.15) is 23.1 Å². The molecule has 0 aliphatic carbocycles. The fourth-order valence-corrected chi connectivity index (χ4v) is 6.22. The molecule has 14 heteroatoms. The van der Waals surface area contributed by atoms with Crippen LogP contribution in [0.1, 0.15) is 19.4 Å². The Hall–Kier alpha value is -4.72. The second kappa shape index (κ2) is 10.8. The normalized spacial score (nSPS) is 17.3. The quantitative estimate of drug-likeness (QED) is 0.338. The molecule has 1 aromatic carbocycles. The maximum atomic E-state index is 15.8. The first kappa shape index (κ1) is 29.8. The number of carbonyl (C=O) groups excluding carboxylic acids is 1. The topological polar surface area (TPSA) is 139 Å². The summed E-state index contributed by atoms with van der Waals surface area (Å²) in [6.07, 6.45) is 3.41. The van der Waals surface area contributed by atoms with E-state index in [0.717, 1.165) is 29.0 Å². The number of hydrogen-bond acceptors (Lipinski definition) is 9. The van der Waals surface area contributed by atoms with Crippen LogP contribution in [0.2, 0.25) is 0 Å². The maximum Gasteiger partial charge on any atom is 0.355 e. The van der Waals surface area contributed by atoms with Crippen LogP contribution >= 0.6 is 0 Å². The average molecular weight is 611 g/mol. The second-order valence-corrected chi connectivity index (χ2v) is 12.4. The van der Waals surface area contributed by atoms with Crippen molar-refractivity contribution in [1.82, 2.24) is 24.4 Å². The zero-order valence-corrected chi connectivity index (χ0v) is 24.6. The summed E-state index contributed by atoms with van der Waals surface area (Å²) in [4.78, 5) is 42.2. The number of piperazine rings is 1. The lowest BCUT2D eigenvalue weighted by molar-refractivity contribution is -0.128. The Kier molecular flexibility index (Phi) is 7.50. The molecule has 4 aromatic rings. The summed E-state index contributed by atoms with van der Waals surface area (Å²) in [6, 6.07) is 5.19. The number of carbonyl (C=O) groups is 1. The summed E-state index contributed by atoms with van der Waals surface area (Å²) in [5.41, 5.74) is -2.14. The molecule has 4 heterocycles. The molecule has 1 fully saturated rings. The van der Waals surface area contributed by atoms with Crippen molar-refractivity contribution in [1.29, 1.82) is 0 Å². The van der Waals surface area contributed by atoms with Crippen LogP contribution in [0.15, 0.2) is 59.0 Å². The Morgan fingerprint density at radius 2 is 1.84 bits per heavy atom. The van der Waals surface area contributed by atoms with E-state index >= 15 is 4.39 Å². The van der Waals surface area contributed by atoms with Crippen LogP contribution < -0.4 is 10.6 Å². The van der Waals surface area contributed by atoms with Gasteiger partial charge in [-0.1, -0.05) is 12.6 Å². The molecule has 0 saturated carbocycles. The van der Waals surface area contributed by atoms with Crippen LogP contribution in [0.25, 0.3) is 28.0 Å². The van der Waals surface area contributed by atoms with Crippen LogP contribution in [0.5, 0.6) is 5.75 Å². The fourth-order valence-electron chi connectivity index (χ4n) is 5.36. The van der Waals surface area contributed by atoms with E-state index in [1.165, 1.54) is 24.4 Å². The standard InChI is InChI=1S/C29H28F2N6O5S/c1-6-22(39)35-13-17(4)36(14-16(35)3)26-18-12-20(31)24(23-19(30)8-7-9-21(23)38)33-27(18)37(29(40)34-26)25-15(2)10-11-32-28(25)43(5,41)42/h6-12,16-17,38H,1,13-14H2,2-5H3/t16-,17+/m1/s1. The van der Waals surface area contributed by atoms with Gasteiger partial charge in [-0.05, 0) is 56.7 Å². The van der Waals surface area contributed by atoms with Crippen LogP contribution in [0.4, 0.5) is 14.6 Å². The minimum absolute atomic E-state index is 0.0157. The molecule has 1 N–H and O–H groups in total. The van der Waals surface area contributed by atoms with Crippen molar-refractivity contribution >= 4 is 32.6 Å². The maximum absolute atomic E-state index is 15.8. The Morgan fingerprint density at radius 3 is 2.49 bits per heavy atom. The highest BCUT2D eigenvalue weighted by Gasteiger charge is 2.34. The number of hydrogen-bond donors (Lipinski definition) is 1. The van der Waals surface area contributed by atoms with Crippen molar-refractivity contribution < 1.29 is 27.1 Å². The summed E-state index contributed by atoms with van der Waals surface area (Å²) in [6.45, 7) is 9.17. The third kappa shape index (κ3) is 5.11. The number of pyridine rings is 2. The predicted molar refractivity (Wildman–Crippen MR) is 156 cm³/mol. The monoisotopic (exact) mass is 610 g/mol. The van der Waals surface area contributed by atoms with Crippen molar-refractivity contribution in [3.8, 4) is 22.7 Å². The number of rotatable bonds is 5. The molecule has 1 aliphatic heterocycles. The molecule has 1 aliphatic rings. The van der Waals surface area contributed by atoms with Gasteiger partial charge in [0.05, 0.1) is 16.6 Å². The molecular formula is C29H28F2N6O5S. The number of phenolic OH excluding ortho intramolecular Hbond substituents is 1. The third-order valence-electron chi connectivity index (χ3n) is 7.41. The van der Waals surface area contributed by atoms with E-state index in [9.17, 15) is 27.5 Å². The SMILES string of the molecule is C=CC(=O)N1C[C@H](C)N(c2nc(=O)n(-c3c(C)ccnc3S(C)(=O)=O)c3nc(-c4c(O)cccc4F)c(F)cc23)C[C@H]1C. The number of phenols is 1. The van der Waals surface area contributed by atoms with E-state index in [1.807, 2.05) is 0 Å². The summed E-state index contributed by atoms with van der Waals surface area (Å²) in [7, 11) is -3.99. The fraction of sp³-hybridized carbons (Fsp3) is 0.276. The number of nitrogens with zero attached hydrogens (tertiary/aromatic N) is 6. The predicted octanol–water partition coefficient (Wildman–Crippen LogP) is 3.15. The first-order valence-corrected chi connectivity index (χ1v) is 15.1. The second-order valence-electron chi connectivity index (χ2n) is 10.5. The lowest BCUT2D eigenvalue weighted by Crippen LogP contribution is -2.58. The van der Waals surface area contributed by atoms with E-state index in [2.05, 4.69) is 21.5 Å². The number of aromatic hydroxyl groups is 1. The van der Waals surface area contributed by atoms with Gasteiger partial charge >= 0.3 is 5.69 Å². The summed E-state index contributed by atoms with van der Waals surface area (Å²) < 4.78 is 57.2. The number of benzene rings is 1. The molecule has 11 nitrogen and oxygen atoms in total. The van der Waals surface area contributed by atoms with Gasteiger partial charge in [0, 0.05) is 37.6 Å². The van der Waals surface area contributed by atoms with E-state index in [-0.39, 0.29) is 47.6 Å². The number of aryl methyl sites for hydroxylation is 1. The largest absolute Gasteiger partial charge is 0.507 e. The molecule has 224 valence electrons. The van der Waals surface area contributed by atoms with Crippen LogP contribution in [0.3, 0.4) is 0 Å². The van der Waals surface area contributed by atoms with E-state index in [4.69, 9.17) is 0 Å². The van der Waals surface area contributed by atoms with E-state index < -0.39 is 55.2 Å². The van der Waals surface area contributed by atoms with Crippen LogP contribution in [-0.4, -0.2) is 75.3 Å². The highest BCUT2D eigenvalue weighted by molar-refractivity contribution is 7.90. The Bertz CT molecular complexity index is 1960. The summed E-state index contributed by atoms with van der Waals surface area (Å²) >= 11 is 0. The van der Waals surface area contributed by atoms with Gasteiger partial charge in [-0.25, -0.2) is 36.5 Å². The lowest BCUT2D eigenvalue weighted by atomic mass is 10.1. The zero-order chi connectivity index (χ0) is 31.4. The van der Waals surface area contributed by atoms with Crippen molar-refractivity contribution in [3.63, 3.8) is 0 Å². The molecule has 1 saturated heterocycles. The van der Waals surface area contributed by atoms with Crippen molar-refractivity contribution in [2.24, 2.45) is 0 Å². The Labute approximate surface area is 245 Å². The molecule has 0 bridgehead atoms.